The molecule has 0 aromatic heterocycles. The molecule has 2 aromatic carbocycles. The largest absolute Gasteiger partial charge is 0.325 e. The highest BCUT2D eigenvalue weighted by molar-refractivity contribution is 9.10. The number of carbonyl (C=O) groups excluding carboxylic acids is 2. The van der Waals surface area contributed by atoms with Crippen LogP contribution < -0.4 is 5.32 Å². The van der Waals surface area contributed by atoms with Crippen molar-refractivity contribution in [1.82, 2.24) is 4.31 Å². The number of anilines is 1. The average Bonchev–Trinajstić information content (AvgIpc) is 2.70. The van der Waals surface area contributed by atoms with Crippen molar-refractivity contribution in [3.05, 3.63) is 58.1 Å². The summed E-state index contributed by atoms with van der Waals surface area (Å²) in [4.78, 5) is 24.5. The van der Waals surface area contributed by atoms with Crippen molar-refractivity contribution in [2.24, 2.45) is 0 Å². The molecule has 3 rings (SSSR count). The van der Waals surface area contributed by atoms with E-state index in [-0.39, 0.29) is 23.1 Å². The number of carbonyl (C=O) groups is 2. The van der Waals surface area contributed by atoms with Gasteiger partial charge in [-0.1, -0.05) is 34.5 Å². The number of nitrogens with one attached hydrogen (secondary N) is 1. The molecule has 8 heteroatoms. The van der Waals surface area contributed by atoms with Crippen molar-refractivity contribution < 1.29 is 18.0 Å². The van der Waals surface area contributed by atoms with Gasteiger partial charge in [0.25, 0.3) is 0 Å². The van der Waals surface area contributed by atoms with Crippen LogP contribution in [0.2, 0.25) is 0 Å². The normalized spacial score (nSPS) is 17.7. The SMILES string of the molecule is CC(=O)c1ccc(S(=O)(=O)N2CCCCC2C(=O)Nc2ccc(Br)c(C)c2)cc1. The van der Waals surface area contributed by atoms with Crippen molar-refractivity contribution in [2.45, 2.75) is 44.0 Å². The summed E-state index contributed by atoms with van der Waals surface area (Å²) in [6.07, 6.45) is 1.95. The van der Waals surface area contributed by atoms with Crippen LogP contribution in [-0.4, -0.2) is 37.0 Å². The average molecular weight is 479 g/mol. The van der Waals surface area contributed by atoms with Crippen LogP contribution in [0.5, 0.6) is 0 Å². The molecule has 1 amide bonds. The molecule has 0 radical (unpaired) electrons. The second-order valence-electron chi connectivity index (χ2n) is 7.16. The number of piperidine rings is 1. The number of halogens is 1. The first-order chi connectivity index (χ1) is 13.7. The zero-order valence-corrected chi connectivity index (χ0v) is 18.7. The summed E-state index contributed by atoms with van der Waals surface area (Å²) < 4.78 is 28.6. The Morgan fingerprint density at radius 2 is 1.79 bits per heavy atom. The van der Waals surface area contributed by atoms with E-state index in [1.165, 1.54) is 35.5 Å². The molecule has 1 atom stereocenters. The fourth-order valence-corrected chi connectivity index (χ4v) is 5.30. The number of hydrogen-bond acceptors (Lipinski definition) is 4. The van der Waals surface area contributed by atoms with Crippen LogP contribution in [0, 0.1) is 6.92 Å². The predicted molar refractivity (Wildman–Crippen MR) is 115 cm³/mol. The Labute approximate surface area is 179 Å². The van der Waals surface area contributed by atoms with E-state index >= 15 is 0 Å². The lowest BCUT2D eigenvalue weighted by atomic mass is 10.0. The molecule has 154 valence electrons. The molecule has 0 saturated carbocycles. The Hall–Kier alpha value is -2.03. The van der Waals surface area contributed by atoms with Gasteiger partial charge in [0.1, 0.15) is 6.04 Å². The Bertz CT molecular complexity index is 1040. The van der Waals surface area contributed by atoms with Crippen molar-refractivity contribution >= 4 is 43.3 Å². The zero-order valence-electron chi connectivity index (χ0n) is 16.3. The molecule has 29 heavy (non-hydrogen) atoms. The molecular weight excluding hydrogens is 456 g/mol. The fraction of sp³-hybridized carbons (Fsp3) is 0.333. The Morgan fingerprint density at radius 1 is 1.10 bits per heavy atom. The molecule has 1 fully saturated rings. The molecule has 1 heterocycles. The molecule has 2 aromatic rings. The van der Waals surface area contributed by atoms with Crippen molar-refractivity contribution in [1.29, 1.82) is 0 Å². The first kappa shape index (κ1) is 21.7. The minimum atomic E-state index is -3.85. The van der Waals surface area contributed by atoms with E-state index in [1.807, 2.05) is 19.1 Å². The van der Waals surface area contributed by atoms with Crippen molar-refractivity contribution in [2.75, 3.05) is 11.9 Å². The van der Waals surface area contributed by atoms with Gasteiger partial charge in [0, 0.05) is 22.3 Å². The number of rotatable bonds is 5. The summed E-state index contributed by atoms with van der Waals surface area (Å²) in [5.74, 6) is -0.468. The Balaban J connectivity index is 1.85. The molecule has 1 unspecified atom stereocenters. The third-order valence-electron chi connectivity index (χ3n) is 5.05. The number of sulfonamides is 1. The summed E-state index contributed by atoms with van der Waals surface area (Å²) >= 11 is 3.43. The van der Waals surface area contributed by atoms with Crippen LogP contribution in [-0.2, 0) is 14.8 Å². The van der Waals surface area contributed by atoms with Crippen LogP contribution in [0.3, 0.4) is 0 Å². The summed E-state index contributed by atoms with van der Waals surface area (Å²) in [6, 6.07) is 10.5. The third kappa shape index (κ3) is 4.76. The lowest BCUT2D eigenvalue weighted by molar-refractivity contribution is -0.120. The summed E-state index contributed by atoms with van der Waals surface area (Å²) in [7, 11) is -3.85. The minimum Gasteiger partial charge on any atom is -0.325 e. The first-order valence-corrected chi connectivity index (χ1v) is 11.6. The van der Waals surface area contributed by atoms with Gasteiger partial charge in [-0.15, -0.1) is 0 Å². The topological polar surface area (TPSA) is 83.6 Å². The summed E-state index contributed by atoms with van der Waals surface area (Å²) in [5, 5.41) is 2.85. The number of ketones is 1. The highest BCUT2D eigenvalue weighted by Crippen LogP contribution is 2.27. The number of hydrogen-bond donors (Lipinski definition) is 1. The molecule has 6 nitrogen and oxygen atoms in total. The van der Waals surface area contributed by atoms with Gasteiger partial charge in [-0.05, 0) is 62.6 Å². The lowest BCUT2D eigenvalue weighted by Crippen LogP contribution is -2.49. The van der Waals surface area contributed by atoms with E-state index in [0.29, 0.717) is 24.1 Å². The van der Waals surface area contributed by atoms with Gasteiger partial charge >= 0.3 is 0 Å². The summed E-state index contributed by atoms with van der Waals surface area (Å²) in [6.45, 7) is 3.63. The smallest absolute Gasteiger partial charge is 0.243 e. The van der Waals surface area contributed by atoms with Crippen LogP contribution >= 0.6 is 15.9 Å². The second kappa shape index (κ2) is 8.77. The van der Waals surface area contributed by atoms with Crippen LogP contribution in [0.4, 0.5) is 5.69 Å². The number of benzene rings is 2. The second-order valence-corrected chi connectivity index (χ2v) is 9.91. The maximum absolute atomic E-state index is 13.2. The van der Waals surface area contributed by atoms with Gasteiger partial charge in [0.2, 0.25) is 15.9 Å². The molecule has 0 aliphatic carbocycles. The minimum absolute atomic E-state index is 0.0849. The third-order valence-corrected chi connectivity index (χ3v) is 7.86. The van der Waals surface area contributed by atoms with Gasteiger partial charge in [-0.3, -0.25) is 9.59 Å². The molecule has 0 bridgehead atoms. The number of nitrogens with zero attached hydrogens (tertiary/aromatic N) is 1. The standard InChI is InChI=1S/C21H23BrN2O4S/c1-14-13-17(8-11-19(14)22)23-21(26)20-5-3-4-12-24(20)29(27,28)18-9-6-16(7-10-18)15(2)25/h6-11,13,20H,3-5,12H2,1-2H3,(H,23,26). The molecule has 0 spiro atoms. The van der Waals surface area contributed by atoms with Crippen LogP contribution in [0.15, 0.2) is 51.8 Å². The maximum atomic E-state index is 13.2. The van der Waals surface area contributed by atoms with E-state index in [4.69, 9.17) is 0 Å². The maximum Gasteiger partial charge on any atom is 0.243 e. The quantitative estimate of drug-likeness (QED) is 0.654. The lowest BCUT2D eigenvalue weighted by Gasteiger charge is -2.33. The fourth-order valence-electron chi connectivity index (χ4n) is 3.40. The first-order valence-electron chi connectivity index (χ1n) is 9.40. The molecule has 1 saturated heterocycles. The van der Waals surface area contributed by atoms with Gasteiger partial charge in [0.05, 0.1) is 4.90 Å². The highest BCUT2D eigenvalue weighted by atomic mass is 79.9. The van der Waals surface area contributed by atoms with E-state index in [0.717, 1.165) is 16.5 Å². The van der Waals surface area contributed by atoms with Crippen molar-refractivity contribution in [3.63, 3.8) is 0 Å². The van der Waals surface area contributed by atoms with Crippen LogP contribution in [0.25, 0.3) is 0 Å². The van der Waals surface area contributed by atoms with E-state index in [1.54, 1.807) is 6.07 Å². The van der Waals surface area contributed by atoms with E-state index < -0.39 is 16.1 Å². The number of aryl methyl sites for hydroxylation is 1. The van der Waals surface area contributed by atoms with E-state index in [2.05, 4.69) is 21.2 Å². The van der Waals surface area contributed by atoms with Gasteiger partial charge in [-0.25, -0.2) is 8.42 Å². The highest BCUT2D eigenvalue weighted by Gasteiger charge is 2.37. The van der Waals surface area contributed by atoms with Gasteiger partial charge < -0.3 is 5.32 Å². The summed E-state index contributed by atoms with van der Waals surface area (Å²) in [5.41, 5.74) is 2.05. The predicted octanol–water partition coefficient (Wildman–Crippen LogP) is 4.14. The molecule has 1 N–H and O–H groups in total. The van der Waals surface area contributed by atoms with E-state index in [9.17, 15) is 18.0 Å². The molecular formula is C21H23BrN2O4S. The molecule has 1 aliphatic heterocycles. The van der Waals surface area contributed by atoms with Gasteiger partial charge in [-0.2, -0.15) is 4.31 Å². The molecule has 1 aliphatic rings. The number of amides is 1. The van der Waals surface area contributed by atoms with Crippen LogP contribution in [0.1, 0.15) is 42.1 Å². The van der Waals surface area contributed by atoms with Crippen molar-refractivity contribution in [3.8, 4) is 0 Å². The monoisotopic (exact) mass is 478 g/mol. The Morgan fingerprint density at radius 3 is 2.41 bits per heavy atom. The van der Waals surface area contributed by atoms with Gasteiger partial charge in [0.15, 0.2) is 5.78 Å². The number of Topliss-reactive ketones (excluding diaryl/α,β-unsaturated/α-hetero) is 1. The Kier molecular flexibility index (Phi) is 6.55. The zero-order chi connectivity index (χ0) is 21.2.